The zero-order valence-electron chi connectivity index (χ0n) is 14.8. The number of aliphatic imine (C=N–C) groups is 1. The number of rotatable bonds is 4. The number of benzene rings is 1. The topological polar surface area (TPSA) is 45.7 Å². The Morgan fingerprint density at radius 2 is 2.04 bits per heavy atom. The molecule has 3 atom stereocenters. The molecular formula is C18H26Cl2IN3O. The van der Waals surface area contributed by atoms with Gasteiger partial charge in [0, 0.05) is 19.0 Å². The second-order valence-electron chi connectivity index (χ2n) is 7.30. The molecule has 2 fully saturated rings. The third kappa shape index (κ3) is 4.93. The van der Waals surface area contributed by atoms with Crippen molar-refractivity contribution >= 4 is 53.1 Å². The Bertz CT molecular complexity index is 639. The summed E-state index contributed by atoms with van der Waals surface area (Å²) < 4.78 is 5.90. The van der Waals surface area contributed by atoms with E-state index >= 15 is 0 Å². The number of nitrogens with one attached hydrogen (secondary N) is 2. The molecule has 0 aliphatic carbocycles. The zero-order valence-corrected chi connectivity index (χ0v) is 18.7. The Labute approximate surface area is 177 Å². The maximum Gasteiger partial charge on any atom is 0.191 e. The molecule has 2 heterocycles. The molecule has 3 rings (SSSR count). The Hall–Kier alpha value is -0.240. The minimum Gasteiger partial charge on any atom is -0.373 e. The van der Waals surface area contributed by atoms with Crippen molar-refractivity contribution in [2.24, 2.45) is 4.99 Å². The highest BCUT2D eigenvalue weighted by Gasteiger charge is 2.41. The Kier molecular flexibility index (Phi) is 7.27. The molecule has 3 unspecified atom stereocenters. The molecule has 0 spiro atoms. The van der Waals surface area contributed by atoms with Crippen LogP contribution in [0.15, 0.2) is 23.2 Å². The first-order chi connectivity index (χ1) is 11.4. The maximum atomic E-state index is 6.16. The molecule has 1 aromatic carbocycles. The molecule has 0 saturated carbocycles. The summed E-state index contributed by atoms with van der Waals surface area (Å²) in [5.41, 5.74) is 1.04. The van der Waals surface area contributed by atoms with Crippen molar-refractivity contribution in [3.05, 3.63) is 33.8 Å². The van der Waals surface area contributed by atoms with Gasteiger partial charge in [0.25, 0.3) is 0 Å². The summed E-state index contributed by atoms with van der Waals surface area (Å²) in [6.07, 6.45) is 4.17. The van der Waals surface area contributed by atoms with Gasteiger partial charge < -0.3 is 15.4 Å². The van der Waals surface area contributed by atoms with Gasteiger partial charge in [0.2, 0.25) is 0 Å². The van der Waals surface area contributed by atoms with Crippen LogP contribution in [0, 0.1) is 0 Å². The van der Waals surface area contributed by atoms with Crippen LogP contribution >= 0.6 is 47.2 Å². The van der Waals surface area contributed by atoms with Gasteiger partial charge in [-0.1, -0.05) is 43.1 Å². The van der Waals surface area contributed by atoms with Gasteiger partial charge in [-0.15, -0.1) is 24.0 Å². The molecule has 4 nitrogen and oxygen atoms in total. The fraction of sp³-hybridized carbons (Fsp3) is 0.611. The lowest BCUT2D eigenvalue weighted by Crippen LogP contribution is -2.49. The molecule has 2 saturated heterocycles. The second-order valence-corrected chi connectivity index (χ2v) is 8.11. The summed E-state index contributed by atoms with van der Waals surface area (Å²) in [5.74, 6) is 0.823. The SMILES string of the molecule is CN=C(NCC(C)(C)c1ccc(Cl)c(Cl)c1)NC1CC2CCC1O2.I. The standard InChI is InChI=1S/C18H25Cl2N3O.HI/c1-18(2,11-4-6-13(19)14(20)8-11)10-22-17(21-3)23-15-9-12-5-7-16(15)24-12;/h4,6,8,12,15-16H,5,7,9-10H2,1-3H3,(H2,21,22,23);1H. The molecule has 1 aromatic rings. The number of fused-ring (bicyclic) bond motifs is 2. The van der Waals surface area contributed by atoms with Crippen molar-refractivity contribution in [2.75, 3.05) is 13.6 Å². The van der Waals surface area contributed by atoms with Crippen LogP contribution in [0.4, 0.5) is 0 Å². The van der Waals surface area contributed by atoms with Crippen molar-refractivity contribution in [2.45, 2.75) is 56.8 Å². The van der Waals surface area contributed by atoms with E-state index in [2.05, 4.69) is 29.5 Å². The number of guanidine groups is 1. The van der Waals surface area contributed by atoms with Crippen LogP contribution in [0.5, 0.6) is 0 Å². The molecule has 2 aliphatic rings. The molecule has 2 aliphatic heterocycles. The van der Waals surface area contributed by atoms with Crippen LogP contribution in [-0.2, 0) is 10.2 Å². The average molecular weight is 498 g/mol. The minimum atomic E-state index is -0.100. The molecule has 7 heteroatoms. The Morgan fingerprint density at radius 1 is 1.28 bits per heavy atom. The van der Waals surface area contributed by atoms with E-state index in [1.807, 2.05) is 18.2 Å². The van der Waals surface area contributed by atoms with Gasteiger partial charge in [-0.25, -0.2) is 0 Å². The number of nitrogens with zero attached hydrogens (tertiary/aromatic N) is 1. The first-order valence-electron chi connectivity index (χ1n) is 8.47. The van der Waals surface area contributed by atoms with Gasteiger partial charge >= 0.3 is 0 Å². The molecular weight excluding hydrogens is 472 g/mol. The predicted molar refractivity (Wildman–Crippen MR) is 116 cm³/mol. The molecule has 2 N–H and O–H groups in total. The summed E-state index contributed by atoms with van der Waals surface area (Å²) in [6, 6.07) is 6.17. The van der Waals surface area contributed by atoms with Crippen molar-refractivity contribution in [3.8, 4) is 0 Å². The first-order valence-corrected chi connectivity index (χ1v) is 9.23. The van der Waals surface area contributed by atoms with Crippen LogP contribution in [0.3, 0.4) is 0 Å². The van der Waals surface area contributed by atoms with Gasteiger partial charge in [-0.3, -0.25) is 4.99 Å². The summed E-state index contributed by atoms with van der Waals surface area (Å²) in [4.78, 5) is 4.36. The van der Waals surface area contributed by atoms with Crippen molar-refractivity contribution in [3.63, 3.8) is 0 Å². The lowest BCUT2D eigenvalue weighted by molar-refractivity contribution is 0.0992. The smallest absolute Gasteiger partial charge is 0.191 e. The van der Waals surface area contributed by atoms with Crippen LogP contribution in [0.2, 0.25) is 10.0 Å². The zero-order chi connectivity index (χ0) is 17.3. The highest BCUT2D eigenvalue weighted by atomic mass is 127. The quantitative estimate of drug-likeness (QED) is 0.368. The third-order valence-electron chi connectivity index (χ3n) is 5.05. The third-order valence-corrected chi connectivity index (χ3v) is 5.79. The van der Waals surface area contributed by atoms with Crippen LogP contribution in [0.25, 0.3) is 0 Å². The van der Waals surface area contributed by atoms with Crippen molar-refractivity contribution in [1.29, 1.82) is 0 Å². The molecule has 0 radical (unpaired) electrons. The monoisotopic (exact) mass is 497 g/mol. The summed E-state index contributed by atoms with van der Waals surface area (Å²) in [5, 5.41) is 8.11. The molecule has 25 heavy (non-hydrogen) atoms. The molecule has 140 valence electrons. The normalized spacial score (nSPS) is 25.6. The van der Waals surface area contributed by atoms with E-state index in [1.165, 1.54) is 6.42 Å². The van der Waals surface area contributed by atoms with E-state index in [0.29, 0.717) is 28.3 Å². The highest BCUT2D eigenvalue weighted by Crippen LogP contribution is 2.34. The largest absolute Gasteiger partial charge is 0.373 e. The van der Waals surface area contributed by atoms with E-state index in [-0.39, 0.29) is 29.4 Å². The highest BCUT2D eigenvalue weighted by molar-refractivity contribution is 14.0. The second kappa shape index (κ2) is 8.63. The summed E-state index contributed by atoms with van der Waals surface area (Å²) in [6.45, 7) is 5.09. The Balaban J connectivity index is 0.00000225. The van der Waals surface area contributed by atoms with Crippen LogP contribution in [-0.4, -0.2) is 37.8 Å². The van der Waals surface area contributed by atoms with Gasteiger partial charge in [-0.05, 0) is 37.0 Å². The lowest BCUT2D eigenvalue weighted by atomic mass is 9.84. The summed E-state index contributed by atoms with van der Waals surface area (Å²) >= 11 is 12.2. The van der Waals surface area contributed by atoms with E-state index in [9.17, 15) is 0 Å². The number of hydrogen-bond acceptors (Lipinski definition) is 2. The summed E-state index contributed by atoms with van der Waals surface area (Å²) in [7, 11) is 1.80. The van der Waals surface area contributed by atoms with E-state index in [1.54, 1.807) is 7.05 Å². The van der Waals surface area contributed by atoms with Crippen molar-refractivity contribution < 1.29 is 4.74 Å². The van der Waals surface area contributed by atoms with Gasteiger partial charge in [0.1, 0.15) is 0 Å². The first kappa shape index (κ1) is 21.1. The molecule has 2 bridgehead atoms. The maximum absolute atomic E-state index is 6.16. The molecule has 0 aromatic heterocycles. The lowest BCUT2D eigenvalue weighted by Gasteiger charge is -2.29. The fourth-order valence-electron chi connectivity index (χ4n) is 3.48. The van der Waals surface area contributed by atoms with Crippen LogP contribution < -0.4 is 10.6 Å². The van der Waals surface area contributed by atoms with Crippen LogP contribution in [0.1, 0.15) is 38.7 Å². The van der Waals surface area contributed by atoms with Gasteiger partial charge in [0.05, 0.1) is 28.3 Å². The van der Waals surface area contributed by atoms with E-state index < -0.39 is 0 Å². The van der Waals surface area contributed by atoms with E-state index in [4.69, 9.17) is 27.9 Å². The fourth-order valence-corrected chi connectivity index (χ4v) is 3.78. The van der Waals surface area contributed by atoms with Crippen molar-refractivity contribution in [1.82, 2.24) is 10.6 Å². The number of halogens is 3. The number of hydrogen-bond donors (Lipinski definition) is 2. The van der Waals surface area contributed by atoms with E-state index in [0.717, 1.165) is 30.9 Å². The molecule has 0 amide bonds. The Morgan fingerprint density at radius 3 is 2.60 bits per heavy atom. The minimum absolute atomic E-state index is 0. The average Bonchev–Trinajstić information content (AvgIpc) is 3.16. The van der Waals surface area contributed by atoms with Gasteiger partial charge in [0.15, 0.2) is 5.96 Å². The number of ether oxygens (including phenoxy) is 1. The van der Waals surface area contributed by atoms with Gasteiger partial charge in [-0.2, -0.15) is 0 Å². The predicted octanol–water partition coefficient (Wildman–Crippen LogP) is 4.37.